The summed E-state index contributed by atoms with van der Waals surface area (Å²) in [6.07, 6.45) is 2.84. The molecule has 1 unspecified atom stereocenters. The predicted octanol–water partition coefficient (Wildman–Crippen LogP) is 2.15. The van der Waals surface area contributed by atoms with E-state index in [9.17, 15) is 4.79 Å². The smallest absolute Gasteiger partial charge is 0.322 e. The van der Waals surface area contributed by atoms with Crippen molar-refractivity contribution in [3.63, 3.8) is 0 Å². The van der Waals surface area contributed by atoms with Gasteiger partial charge in [-0.15, -0.1) is 0 Å². The molecule has 0 radical (unpaired) electrons. The van der Waals surface area contributed by atoms with Crippen LogP contribution in [0.3, 0.4) is 0 Å². The van der Waals surface area contributed by atoms with Crippen LogP contribution in [-0.4, -0.2) is 38.4 Å². The van der Waals surface area contributed by atoms with Gasteiger partial charge in [-0.1, -0.05) is 6.07 Å². The van der Waals surface area contributed by atoms with Crippen LogP contribution in [0.2, 0.25) is 0 Å². The lowest BCUT2D eigenvalue weighted by molar-refractivity contribution is -0.143. The molecule has 1 aliphatic rings. The summed E-state index contributed by atoms with van der Waals surface area (Å²) < 4.78 is 15.9. The van der Waals surface area contributed by atoms with E-state index in [-0.39, 0.29) is 12.0 Å². The van der Waals surface area contributed by atoms with Crippen molar-refractivity contribution < 1.29 is 19.0 Å². The Kier molecular flexibility index (Phi) is 5.87. The number of carbonyl (C=O) groups is 1. The van der Waals surface area contributed by atoms with E-state index in [1.54, 1.807) is 0 Å². The van der Waals surface area contributed by atoms with Gasteiger partial charge in [-0.3, -0.25) is 4.79 Å². The Bertz CT molecular complexity index is 459. The fourth-order valence-corrected chi connectivity index (χ4v) is 2.06. The van der Waals surface area contributed by atoms with E-state index in [0.717, 1.165) is 24.3 Å². The number of esters is 1. The molecule has 0 aliphatic heterocycles. The first-order valence-corrected chi connectivity index (χ1v) is 7.42. The number of hydrogen-bond acceptors (Lipinski definition) is 5. The molecule has 1 aromatic rings. The lowest BCUT2D eigenvalue weighted by Gasteiger charge is -2.16. The van der Waals surface area contributed by atoms with Crippen molar-refractivity contribution in [1.82, 2.24) is 5.32 Å². The second-order valence-electron chi connectivity index (χ2n) is 5.06. The van der Waals surface area contributed by atoms with Crippen molar-refractivity contribution in [3.8, 4) is 11.5 Å². The Labute approximate surface area is 125 Å². The van der Waals surface area contributed by atoms with Crippen LogP contribution in [0.5, 0.6) is 11.5 Å². The quantitative estimate of drug-likeness (QED) is 0.707. The normalized spacial score (nSPS) is 15.3. The van der Waals surface area contributed by atoms with Crippen LogP contribution >= 0.6 is 0 Å². The molecule has 1 atom stereocenters. The maximum Gasteiger partial charge on any atom is 0.322 e. The Morgan fingerprint density at radius 3 is 2.67 bits per heavy atom. The zero-order valence-electron chi connectivity index (χ0n) is 12.6. The molecule has 0 spiro atoms. The molecule has 0 saturated heterocycles. The van der Waals surface area contributed by atoms with Gasteiger partial charge in [-0.25, -0.2) is 0 Å². The third kappa shape index (κ3) is 5.27. The van der Waals surface area contributed by atoms with Crippen LogP contribution in [-0.2, 0) is 9.53 Å². The average molecular weight is 293 g/mol. The number of benzene rings is 1. The third-order valence-electron chi connectivity index (χ3n) is 3.29. The van der Waals surface area contributed by atoms with Crippen LogP contribution < -0.4 is 14.8 Å². The number of carbonyl (C=O) groups excluding carboxylic acids is 1. The second-order valence-corrected chi connectivity index (χ2v) is 5.06. The summed E-state index contributed by atoms with van der Waals surface area (Å²) in [7, 11) is 1.41. The fraction of sp³-hybridized carbons (Fsp3) is 0.562. The molecule has 2 rings (SSSR count). The Morgan fingerprint density at radius 1 is 1.33 bits per heavy atom. The van der Waals surface area contributed by atoms with Gasteiger partial charge < -0.3 is 19.5 Å². The number of ether oxygens (including phenoxy) is 3. The molecule has 5 nitrogen and oxygen atoms in total. The van der Waals surface area contributed by atoms with Crippen LogP contribution in [0, 0.1) is 0 Å². The topological polar surface area (TPSA) is 56.8 Å². The zero-order valence-corrected chi connectivity index (χ0v) is 12.6. The monoisotopic (exact) mass is 293 g/mol. The first kappa shape index (κ1) is 15.6. The number of methoxy groups -OCH3 is 1. The fourth-order valence-electron chi connectivity index (χ4n) is 2.06. The Hall–Kier alpha value is -1.75. The van der Waals surface area contributed by atoms with Gasteiger partial charge >= 0.3 is 5.97 Å². The Balaban J connectivity index is 1.80. The minimum atomic E-state index is -0.294. The molecular weight excluding hydrogens is 270 g/mol. The number of rotatable bonds is 9. The molecule has 1 aromatic carbocycles. The number of hydrogen-bond donors (Lipinski definition) is 1. The number of nitrogens with one attached hydrogen (secondary N) is 1. The van der Waals surface area contributed by atoms with E-state index in [1.807, 2.05) is 31.2 Å². The molecule has 1 saturated carbocycles. The van der Waals surface area contributed by atoms with Crippen molar-refractivity contribution in [2.24, 2.45) is 0 Å². The highest BCUT2D eigenvalue weighted by atomic mass is 16.5. The first-order valence-electron chi connectivity index (χ1n) is 7.42. The standard InChI is InChI=1S/C16H23NO4/c1-3-20-13-5-4-6-14(11-13)21-10-9-15(16(18)19-2)17-12-7-8-12/h4-6,11-12,15,17H,3,7-10H2,1-2H3. The van der Waals surface area contributed by atoms with Crippen LogP contribution in [0.1, 0.15) is 26.2 Å². The van der Waals surface area contributed by atoms with E-state index in [0.29, 0.717) is 25.7 Å². The lowest BCUT2D eigenvalue weighted by atomic mass is 10.2. The minimum absolute atomic E-state index is 0.228. The molecule has 0 heterocycles. The van der Waals surface area contributed by atoms with Crippen molar-refractivity contribution in [3.05, 3.63) is 24.3 Å². The van der Waals surface area contributed by atoms with Gasteiger partial charge in [0.2, 0.25) is 0 Å². The van der Waals surface area contributed by atoms with E-state index in [1.165, 1.54) is 7.11 Å². The van der Waals surface area contributed by atoms with Gasteiger partial charge in [0.05, 0.1) is 20.3 Å². The summed E-state index contributed by atoms with van der Waals surface area (Å²) in [4.78, 5) is 11.7. The molecule has 0 amide bonds. The van der Waals surface area contributed by atoms with E-state index < -0.39 is 0 Å². The SMILES string of the molecule is CCOc1cccc(OCCC(NC2CC2)C(=O)OC)c1. The molecule has 0 bridgehead atoms. The Morgan fingerprint density at radius 2 is 2.05 bits per heavy atom. The molecule has 116 valence electrons. The van der Waals surface area contributed by atoms with Crippen molar-refractivity contribution in [2.75, 3.05) is 20.3 Å². The lowest BCUT2D eigenvalue weighted by Crippen LogP contribution is -2.40. The summed E-state index contributed by atoms with van der Waals surface area (Å²) in [6, 6.07) is 7.67. The van der Waals surface area contributed by atoms with Gasteiger partial charge in [-0.2, -0.15) is 0 Å². The van der Waals surface area contributed by atoms with Gasteiger partial charge in [0.25, 0.3) is 0 Å². The second kappa shape index (κ2) is 7.88. The predicted molar refractivity (Wildman–Crippen MR) is 79.7 cm³/mol. The highest BCUT2D eigenvalue weighted by molar-refractivity contribution is 5.75. The van der Waals surface area contributed by atoms with E-state index in [4.69, 9.17) is 14.2 Å². The average Bonchev–Trinajstić information content (AvgIpc) is 3.30. The molecule has 1 aliphatic carbocycles. The first-order chi connectivity index (χ1) is 10.2. The highest BCUT2D eigenvalue weighted by Gasteiger charge is 2.28. The third-order valence-corrected chi connectivity index (χ3v) is 3.29. The van der Waals surface area contributed by atoms with Gasteiger partial charge in [0, 0.05) is 18.5 Å². The molecule has 1 fully saturated rings. The van der Waals surface area contributed by atoms with Crippen molar-refractivity contribution in [2.45, 2.75) is 38.3 Å². The maximum atomic E-state index is 11.7. The minimum Gasteiger partial charge on any atom is -0.494 e. The van der Waals surface area contributed by atoms with Crippen LogP contribution in [0.4, 0.5) is 0 Å². The van der Waals surface area contributed by atoms with Crippen molar-refractivity contribution in [1.29, 1.82) is 0 Å². The molecule has 0 aromatic heterocycles. The van der Waals surface area contributed by atoms with Gasteiger partial charge in [-0.05, 0) is 31.9 Å². The summed E-state index contributed by atoms with van der Waals surface area (Å²) in [5.74, 6) is 1.31. The van der Waals surface area contributed by atoms with Crippen LogP contribution in [0.15, 0.2) is 24.3 Å². The largest absolute Gasteiger partial charge is 0.494 e. The molecule has 5 heteroatoms. The van der Waals surface area contributed by atoms with E-state index >= 15 is 0 Å². The molecule has 21 heavy (non-hydrogen) atoms. The molecular formula is C16H23NO4. The summed E-state index contributed by atoms with van der Waals surface area (Å²) in [5.41, 5.74) is 0. The van der Waals surface area contributed by atoms with Crippen LogP contribution in [0.25, 0.3) is 0 Å². The maximum absolute atomic E-state index is 11.7. The summed E-state index contributed by atoms with van der Waals surface area (Å²) in [5, 5.41) is 3.28. The van der Waals surface area contributed by atoms with Crippen molar-refractivity contribution >= 4 is 5.97 Å². The zero-order chi connectivity index (χ0) is 15.1. The summed E-state index contributed by atoms with van der Waals surface area (Å²) >= 11 is 0. The van der Waals surface area contributed by atoms with E-state index in [2.05, 4.69) is 5.32 Å². The summed E-state index contributed by atoms with van der Waals surface area (Å²) in [6.45, 7) is 3.02. The molecule has 1 N–H and O–H groups in total. The van der Waals surface area contributed by atoms with Gasteiger partial charge in [0.15, 0.2) is 0 Å². The highest BCUT2D eigenvalue weighted by Crippen LogP contribution is 2.21. The van der Waals surface area contributed by atoms with Gasteiger partial charge in [0.1, 0.15) is 17.5 Å².